The maximum Gasteiger partial charge on any atom is 0.274 e. The number of nitrogens with two attached hydrogens (primary N) is 1. The molecular weight excluding hydrogens is 398 g/mol. The van der Waals surface area contributed by atoms with Gasteiger partial charge in [-0.3, -0.25) is 14.9 Å². The van der Waals surface area contributed by atoms with Gasteiger partial charge in [0.05, 0.1) is 10.6 Å². The van der Waals surface area contributed by atoms with Crippen LogP contribution < -0.4 is 11.1 Å². The summed E-state index contributed by atoms with van der Waals surface area (Å²) in [6, 6.07) is 7.13. The van der Waals surface area contributed by atoms with Gasteiger partial charge in [-0.2, -0.15) is 0 Å². The molecule has 3 atom stereocenters. The van der Waals surface area contributed by atoms with E-state index in [1.165, 1.54) is 0 Å². The first kappa shape index (κ1) is 21.7. The van der Waals surface area contributed by atoms with Gasteiger partial charge in [-0.15, -0.1) is 0 Å². The number of fused-ring (bicyclic) bond motifs is 2. The van der Waals surface area contributed by atoms with Crippen molar-refractivity contribution in [2.24, 2.45) is 11.7 Å². The average Bonchev–Trinajstić information content (AvgIpc) is 2.63. The molecule has 1 aromatic rings. The number of benzene rings is 1. The Morgan fingerprint density at radius 2 is 2.03 bits per heavy atom. The Labute approximate surface area is 174 Å². The standard InChI is InChI=1S/C20H26ClN3O5/c1-4-28-20(29-5-2)16-10-15(25)11-19(20,22)23-17(18(16)24(26)27)12(3)13-7-6-8-14(21)9-13/h6-9,12,16,23H,4-5,10-11,22H2,1-3H3. The van der Waals surface area contributed by atoms with Gasteiger partial charge in [0, 0.05) is 37.0 Å². The summed E-state index contributed by atoms with van der Waals surface area (Å²) in [6.07, 6.45) is -0.122. The summed E-state index contributed by atoms with van der Waals surface area (Å²) in [4.78, 5) is 24.2. The van der Waals surface area contributed by atoms with Gasteiger partial charge in [0.1, 0.15) is 17.4 Å². The minimum Gasteiger partial charge on any atom is -0.360 e. The van der Waals surface area contributed by atoms with Gasteiger partial charge in [-0.1, -0.05) is 30.7 Å². The number of allylic oxidation sites excluding steroid dienone is 1. The normalized spacial score (nSPS) is 26.8. The van der Waals surface area contributed by atoms with Crippen molar-refractivity contribution in [2.45, 2.75) is 51.0 Å². The topological polar surface area (TPSA) is 117 Å². The lowest BCUT2D eigenvalue weighted by Gasteiger charge is -2.56. The molecule has 3 unspecified atom stereocenters. The number of halogens is 1. The van der Waals surface area contributed by atoms with E-state index in [1.807, 2.05) is 13.0 Å². The summed E-state index contributed by atoms with van der Waals surface area (Å²) in [6.45, 7) is 5.83. The molecule has 29 heavy (non-hydrogen) atoms. The molecule has 1 aliphatic carbocycles. The SMILES string of the molecule is CCOC1(OCC)C2CC(=O)CC1(N)NC(C(C)c1cccc(Cl)c1)=C2[N+](=O)[O-]. The van der Waals surface area contributed by atoms with E-state index in [4.69, 9.17) is 26.8 Å². The highest BCUT2D eigenvalue weighted by molar-refractivity contribution is 6.30. The van der Waals surface area contributed by atoms with Crippen molar-refractivity contribution in [3.05, 3.63) is 56.4 Å². The fourth-order valence-electron chi connectivity index (χ4n) is 4.51. The molecule has 1 heterocycles. The largest absolute Gasteiger partial charge is 0.360 e. The molecule has 0 spiro atoms. The number of nitro groups is 1. The molecule has 1 aliphatic heterocycles. The minimum atomic E-state index is -1.51. The van der Waals surface area contributed by atoms with Crippen molar-refractivity contribution >= 4 is 17.4 Å². The van der Waals surface area contributed by atoms with Crippen LogP contribution in [-0.2, 0) is 14.3 Å². The minimum absolute atomic E-state index is 0.0553. The Morgan fingerprint density at radius 3 is 2.59 bits per heavy atom. The summed E-state index contributed by atoms with van der Waals surface area (Å²) < 4.78 is 11.9. The van der Waals surface area contributed by atoms with Crippen molar-refractivity contribution in [3.63, 3.8) is 0 Å². The third-order valence-electron chi connectivity index (χ3n) is 5.65. The molecule has 3 rings (SSSR count). The van der Waals surface area contributed by atoms with Gasteiger partial charge in [-0.05, 0) is 31.5 Å². The van der Waals surface area contributed by atoms with E-state index in [1.54, 1.807) is 32.0 Å². The average molecular weight is 424 g/mol. The highest BCUT2D eigenvalue weighted by atomic mass is 35.5. The van der Waals surface area contributed by atoms with Gasteiger partial charge >= 0.3 is 0 Å². The van der Waals surface area contributed by atoms with Gasteiger partial charge < -0.3 is 20.5 Å². The number of ether oxygens (including phenoxy) is 2. The van der Waals surface area contributed by atoms with Crippen LogP contribution in [0.2, 0.25) is 5.02 Å². The highest BCUT2D eigenvalue weighted by Crippen LogP contribution is 2.50. The van der Waals surface area contributed by atoms with Gasteiger partial charge in [0.15, 0.2) is 0 Å². The molecule has 3 N–H and O–H groups in total. The van der Waals surface area contributed by atoms with Crippen LogP contribution in [-0.4, -0.2) is 35.4 Å². The highest BCUT2D eigenvalue weighted by Gasteiger charge is 2.68. The van der Waals surface area contributed by atoms with Crippen molar-refractivity contribution in [1.29, 1.82) is 0 Å². The lowest BCUT2D eigenvalue weighted by atomic mass is 9.68. The second kappa shape index (κ2) is 8.02. The van der Waals surface area contributed by atoms with Gasteiger partial charge in [0.25, 0.3) is 5.70 Å². The van der Waals surface area contributed by atoms with Crippen molar-refractivity contribution in [3.8, 4) is 0 Å². The first-order chi connectivity index (χ1) is 13.7. The molecule has 0 aromatic heterocycles. The van der Waals surface area contributed by atoms with Crippen molar-refractivity contribution < 1.29 is 19.2 Å². The van der Waals surface area contributed by atoms with E-state index < -0.39 is 28.2 Å². The third-order valence-corrected chi connectivity index (χ3v) is 5.88. The third kappa shape index (κ3) is 3.54. The Morgan fingerprint density at radius 1 is 1.38 bits per heavy atom. The number of Topliss-reactive ketones (excluding diaryl/α,β-unsaturated/α-hetero) is 1. The van der Waals surface area contributed by atoms with Crippen LogP contribution in [0.4, 0.5) is 0 Å². The molecule has 0 amide bonds. The summed E-state index contributed by atoms with van der Waals surface area (Å²) in [5.74, 6) is -3.01. The van der Waals surface area contributed by atoms with Crippen LogP contribution in [0, 0.1) is 16.0 Å². The van der Waals surface area contributed by atoms with Crippen molar-refractivity contribution in [2.75, 3.05) is 13.2 Å². The van der Waals surface area contributed by atoms with Crippen LogP contribution in [0.25, 0.3) is 0 Å². The number of hydrogen-bond acceptors (Lipinski definition) is 7. The van der Waals surface area contributed by atoms with Gasteiger partial charge in [-0.25, -0.2) is 0 Å². The van der Waals surface area contributed by atoms with Crippen LogP contribution in [0.15, 0.2) is 35.7 Å². The quantitative estimate of drug-likeness (QED) is 0.393. The summed E-state index contributed by atoms with van der Waals surface area (Å²) in [7, 11) is 0. The van der Waals surface area contributed by atoms with E-state index in [-0.39, 0.29) is 37.5 Å². The molecule has 2 bridgehead atoms. The molecule has 1 saturated carbocycles. The molecule has 0 radical (unpaired) electrons. The first-order valence-corrected chi connectivity index (χ1v) is 10.1. The van der Waals surface area contributed by atoms with Crippen LogP contribution in [0.1, 0.15) is 45.1 Å². The predicted molar refractivity (Wildman–Crippen MR) is 108 cm³/mol. The van der Waals surface area contributed by atoms with Crippen molar-refractivity contribution in [1.82, 2.24) is 5.32 Å². The van der Waals surface area contributed by atoms with E-state index in [9.17, 15) is 14.9 Å². The second-order valence-electron chi connectivity index (χ2n) is 7.43. The maximum atomic E-state index is 12.4. The molecular formula is C20H26ClN3O5. The predicted octanol–water partition coefficient (Wildman–Crippen LogP) is 2.94. The maximum absolute atomic E-state index is 12.4. The molecule has 158 valence electrons. The number of rotatable bonds is 7. The van der Waals surface area contributed by atoms with E-state index in [2.05, 4.69) is 5.32 Å². The zero-order valence-corrected chi connectivity index (χ0v) is 17.5. The van der Waals surface area contributed by atoms with E-state index >= 15 is 0 Å². The number of nitrogens with zero attached hydrogens (tertiary/aromatic N) is 1. The van der Waals surface area contributed by atoms with E-state index in [0.29, 0.717) is 10.7 Å². The smallest absolute Gasteiger partial charge is 0.274 e. The summed E-state index contributed by atoms with van der Waals surface area (Å²) in [5, 5.41) is 15.8. The summed E-state index contributed by atoms with van der Waals surface area (Å²) in [5.41, 5.74) is 6.27. The Balaban J connectivity index is 2.22. The first-order valence-electron chi connectivity index (χ1n) is 9.69. The molecule has 8 nitrogen and oxygen atoms in total. The zero-order chi connectivity index (χ0) is 21.4. The van der Waals surface area contributed by atoms with Crippen LogP contribution >= 0.6 is 11.6 Å². The lowest BCUT2D eigenvalue weighted by molar-refractivity contribution is -0.455. The Hall–Kier alpha value is -2.00. The van der Waals surface area contributed by atoms with Gasteiger partial charge in [0.2, 0.25) is 5.79 Å². The zero-order valence-electron chi connectivity index (χ0n) is 16.7. The Bertz CT molecular complexity index is 852. The summed E-state index contributed by atoms with van der Waals surface area (Å²) >= 11 is 6.12. The molecule has 2 aliphatic rings. The fourth-order valence-corrected chi connectivity index (χ4v) is 4.71. The Kier molecular flexibility index (Phi) is 6.01. The lowest BCUT2D eigenvalue weighted by Crippen LogP contribution is -2.79. The number of carbonyl (C=O) groups is 1. The monoisotopic (exact) mass is 423 g/mol. The van der Waals surface area contributed by atoms with Crippen LogP contribution in [0.3, 0.4) is 0 Å². The number of hydrogen-bond donors (Lipinski definition) is 2. The molecule has 1 aromatic carbocycles. The van der Waals surface area contributed by atoms with E-state index in [0.717, 1.165) is 5.56 Å². The van der Waals surface area contributed by atoms with Crippen LogP contribution in [0.5, 0.6) is 0 Å². The molecule has 1 fully saturated rings. The number of ketones is 1. The molecule has 9 heteroatoms. The fraction of sp³-hybridized carbons (Fsp3) is 0.550. The number of carbonyl (C=O) groups excluding carboxylic acids is 1. The molecule has 0 saturated heterocycles. The second-order valence-corrected chi connectivity index (χ2v) is 7.87. The number of nitrogens with one attached hydrogen (secondary N) is 1.